The topological polar surface area (TPSA) is 73.3 Å². The maximum absolute atomic E-state index is 12.9. The molecule has 0 saturated carbocycles. The molecule has 0 radical (unpaired) electrons. The molecule has 2 saturated heterocycles. The Bertz CT molecular complexity index is 1010. The molecule has 4 rings (SSSR count). The summed E-state index contributed by atoms with van der Waals surface area (Å²) in [6.07, 6.45) is 1.10. The summed E-state index contributed by atoms with van der Waals surface area (Å²) in [5.74, 6) is 0.242. The van der Waals surface area contributed by atoms with E-state index in [-0.39, 0.29) is 25.0 Å². The number of aliphatic hydroxyl groups is 1. The molecule has 0 spiro atoms. The van der Waals surface area contributed by atoms with Crippen LogP contribution in [0.25, 0.3) is 0 Å². The lowest BCUT2D eigenvalue weighted by molar-refractivity contribution is -0.138. The van der Waals surface area contributed by atoms with Gasteiger partial charge in [-0.1, -0.05) is 35.3 Å². The van der Waals surface area contributed by atoms with Crippen molar-refractivity contribution >= 4 is 35.0 Å². The third-order valence-electron chi connectivity index (χ3n) is 6.14. The van der Waals surface area contributed by atoms with E-state index in [1.165, 1.54) is 0 Å². The van der Waals surface area contributed by atoms with Crippen molar-refractivity contribution in [2.24, 2.45) is 0 Å². The number of aliphatic hydroxyl groups excluding tert-OH is 1. The number of hydrogen-bond acceptors (Lipinski definition) is 5. The second kappa shape index (κ2) is 11.4. The summed E-state index contributed by atoms with van der Waals surface area (Å²) in [4.78, 5) is 31.0. The molecule has 2 aromatic carbocycles. The highest BCUT2D eigenvalue weighted by molar-refractivity contribution is 6.31. The highest BCUT2D eigenvalue weighted by Crippen LogP contribution is 2.26. The van der Waals surface area contributed by atoms with E-state index in [4.69, 9.17) is 27.9 Å². The molecule has 0 aliphatic carbocycles. The predicted molar refractivity (Wildman–Crippen MR) is 131 cm³/mol. The smallest absolute Gasteiger partial charge is 0.257 e. The van der Waals surface area contributed by atoms with Gasteiger partial charge in [0, 0.05) is 49.3 Å². The van der Waals surface area contributed by atoms with E-state index in [1.54, 1.807) is 28.0 Å². The second-order valence-corrected chi connectivity index (χ2v) is 9.65. The number of ether oxygens (including phenoxy) is 1. The lowest BCUT2D eigenvalue weighted by atomic mass is 10.1. The number of benzene rings is 2. The minimum atomic E-state index is -0.878. The van der Waals surface area contributed by atoms with Crippen molar-refractivity contribution in [1.29, 1.82) is 0 Å². The van der Waals surface area contributed by atoms with E-state index >= 15 is 0 Å². The van der Waals surface area contributed by atoms with E-state index in [0.29, 0.717) is 47.5 Å². The van der Waals surface area contributed by atoms with Crippen LogP contribution in [-0.4, -0.2) is 83.6 Å². The standard InChI is InChI=1S/C25H29Cl2N3O4/c26-19-5-3-18(4-6-19)14-28-11-12-30(24(32)16-28)15-21(31)17-34-23-8-7-20(27)13-22(23)25(33)29-9-1-2-10-29/h3-8,13,21,31H,1-2,9-12,14-17H2/t21-/m0/s1. The summed E-state index contributed by atoms with van der Waals surface area (Å²) in [6.45, 7) is 3.81. The van der Waals surface area contributed by atoms with Crippen molar-refractivity contribution in [2.45, 2.75) is 25.5 Å². The molecule has 1 atom stereocenters. The number of β-amino-alcohol motifs (C(OH)–C–C–N with tert-alkyl or cyclic N) is 1. The lowest BCUT2D eigenvalue weighted by Gasteiger charge is -2.35. The van der Waals surface area contributed by atoms with Gasteiger partial charge in [-0.05, 0) is 48.7 Å². The molecule has 2 aliphatic heterocycles. The van der Waals surface area contributed by atoms with E-state index in [2.05, 4.69) is 4.90 Å². The zero-order chi connectivity index (χ0) is 24.1. The largest absolute Gasteiger partial charge is 0.490 e. The first-order chi connectivity index (χ1) is 16.4. The molecule has 2 fully saturated rings. The summed E-state index contributed by atoms with van der Waals surface area (Å²) in [5, 5.41) is 11.7. The molecule has 2 amide bonds. The highest BCUT2D eigenvalue weighted by Gasteiger charge is 2.27. The number of hydrogen-bond donors (Lipinski definition) is 1. The molecule has 34 heavy (non-hydrogen) atoms. The summed E-state index contributed by atoms with van der Waals surface area (Å²) in [5.41, 5.74) is 1.50. The van der Waals surface area contributed by atoms with Crippen LogP contribution in [0.1, 0.15) is 28.8 Å². The average Bonchev–Trinajstić information content (AvgIpc) is 3.36. The van der Waals surface area contributed by atoms with Crippen LogP contribution in [0.5, 0.6) is 5.75 Å². The Hall–Kier alpha value is -2.32. The number of nitrogens with zero attached hydrogens (tertiary/aromatic N) is 3. The first-order valence-electron chi connectivity index (χ1n) is 11.5. The fourth-order valence-corrected chi connectivity index (χ4v) is 4.61. The monoisotopic (exact) mass is 505 g/mol. The van der Waals surface area contributed by atoms with Crippen LogP contribution in [0, 0.1) is 0 Å². The molecular weight excluding hydrogens is 477 g/mol. The van der Waals surface area contributed by atoms with Crippen molar-refractivity contribution in [3.05, 3.63) is 63.6 Å². The molecule has 0 bridgehead atoms. The Morgan fingerprint density at radius 1 is 1.00 bits per heavy atom. The molecular formula is C25H29Cl2N3O4. The van der Waals surface area contributed by atoms with Crippen LogP contribution < -0.4 is 4.74 Å². The van der Waals surface area contributed by atoms with Crippen LogP contribution in [0.2, 0.25) is 10.0 Å². The van der Waals surface area contributed by atoms with Gasteiger partial charge in [-0.3, -0.25) is 14.5 Å². The molecule has 0 aromatic heterocycles. The van der Waals surface area contributed by atoms with Crippen LogP contribution in [0.4, 0.5) is 0 Å². The van der Waals surface area contributed by atoms with E-state index < -0.39 is 6.10 Å². The van der Waals surface area contributed by atoms with Gasteiger partial charge in [0.15, 0.2) is 0 Å². The fourth-order valence-electron chi connectivity index (χ4n) is 4.31. The molecule has 2 aliphatic rings. The summed E-state index contributed by atoms with van der Waals surface area (Å²) in [6, 6.07) is 12.5. The van der Waals surface area contributed by atoms with E-state index in [1.807, 2.05) is 24.3 Å². The minimum absolute atomic E-state index is 0.0276. The van der Waals surface area contributed by atoms with Gasteiger partial charge in [0.1, 0.15) is 18.5 Å². The average molecular weight is 506 g/mol. The number of carbonyl (C=O) groups is 2. The summed E-state index contributed by atoms with van der Waals surface area (Å²) < 4.78 is 5.81. The van der Waals surface area contributed by atoms with Gasteiger partial charge in [0.25, 0.3) is 5.91 Å². The molecule has 182 valence electrons. The molecule has 9 heteroatoms. The van der Waals surface area contributed by atoms with Gasteiger partial charge in [-0.2, -0.15) is 0 Å². The highest BCUT2D eigenvalue weighted by atomic mass is 35.5. The van der Waals surface area contributed by atoms with E-state index in [9.17, 15) is 14.7 Å². The van der Waals surface area contributed by atoms with Crippen molar-refractivity contribution in [2.75, 3.05) is 45.9 Å². The molecule has 7 nitrogen and oxygen atoms in total. The predicted octanol–water partition coefficient (Wildman–Crippen LogP) is 3.31. The van der Waals surface area contributed by atoms with Crippen molar-refractivity contribution < 1.29 is 19.4 Å². The Morgan fingerprint density at radius 2 is 1.71 bits per heavy atom. The third kappa shape index (κ3) is 6.42. The van der Waals surface area contributed by atoms with Crippen LogP contribution >= 0.6 is 23.2 Å². The maximum atomic E-state index is 12.9. The number of piperazine rings is 1. The van der Waals surface area contributed by atoms with Crippen LogP contribution in [0.15, 0.2) is 42.5 Å². The number of halogens is 2. The SMILES string of the molecule is O=C1CN(Cc2ccc(Cl)cc2)CCN1C[C@H](O)COc1ccc(Cl)cc1C(=O)N1CCCC1. The first-order valence-corrected chi connectivity index (χ1v) is 12.3. The van der Waals surface area contributed by atoms with Gasteiger partial charge < -0.3 is 19.6 Å². The quantitative estimate of drug-likeness (QED) is 0.595. The third-order valence-corrected chi connectivity index (χ3v) is 6.63. The number of carbonyl (C=O) groups excluding carboxylic acids is 2. The Morgan fingerprint density at radius 3 is 2.41 bits per heavy atom. The maximum Gasteiger partial charge on any atom is 0.257 e. The van der Waals surface area contributed by atoms with Gasteiger partial charge in [0.05, 0.1) is 12.1 Å². The lowest BCUT2D eigenvalue weighted by Crippen LogP contribution is -2.52. The number of amides is 2. The van der Waals surface area contributed by atoms with Crippen LogP contribution in [0.3, 0.4) is 0 Å². The molecule has 0 unspecified atom stereocenters. The number of rotatable bonds is 8. The zero-order valence-electron chi connectivity index (χ0n) is 19.0. The normalized spacial score (nSPS) is 17.8. The Labute approximate surface area is 209 Å². The summed E-state index contributed by atoms with van der Waals surface area (Å²) in [7, 11) is 0. The van der Waals surface area contributed by atoms with Gasteiger partial charge in [-0.25, -0.2) is 0 Å². The number of likely N-dealkylation sites (tertiary alicyclic amines) is 1. The van der Waals surface area contributed by atoms with Gasteiger partial charge in [0.2, 0.25) is 5.91 Å². The van der Waals surface area contributed by atoms with Crippen molar-refractivity contribution in [3.8, 4) is 5.75 Å². The van der Waals surface area contributed by atoms with E-state index in [0.717, 1.165) is 31.5 Å². The van der Waals surface area contributed by atoms with Crippen molar-refractivity contribution in [3.63, 3.8) is 0 Å². The van der Waals surface area contributed by atoms with Gasteiger partial charge in [-0.15, -0.1) is 0 Å². The zero-order valence-corrected chi connectivity index (χ0v) is 20.5. The minimum Gasteiger partial charge on any atom is -0.490 e. The van der Waals surface area contributed by atoms with Crippen molar-refractivity contribution in [1.82, 2.24) is 14.7 Å². The fraction of sp³-hybridized carbons (Fsp3) is 0.440. The Balaban J connectivity index is 1.28. The molecule has 1 N–H and O–H groups in total. The summed E-state index contributed by atoms with van der Waals surface area (Å²) >= 11 is 12.1. The Kier molecular flexibility index (Phi) is 8.32. The molecule has 2 heterocycles. The second-order valence-electron chi connectivity index (χ2n) is 8.78. The van der Waals surface area contributed by atoms with Gasteiger partial charge >= 0.3 is 0 Å². The molecule has 2 aromatic rings. The van der Waals surface area contributed by atoms with Crippen LogP contribution in [-0.2, 0) is 11.3 Å². The first kappa shape index (κ1) is 24.8.